The van der Waals surface area contributed by atoms with Gasteiger partial charge in [-0.25, -0.2) is 4.39 Å². The Hall–Kier alpha value is -2.21. The third-order valence-corrected chi connectivity index (χ3v) is 2.96. The molecule has 0 radical (unpaired) electrons. The highest BCUT2D eigenvalue weighted by Crippen LogP contribution is 2.30. The molecule has 0 aliphatic rings. The van der Waals surface area contributed by atoms with Gasteiger partial charge in [0.1, 0.15) is 11.6 Å². The lowest BCUT2D eigenvalue weighted by Crippen LogP contribution is -2.13. The quantitative estimate of drug-likeness (QED) is 0.732. The number of aromatic nitrogens is 4. The number of anilines is 2. The molecule has 0 fully saturated rings. The van der Waals surface area contributed by atoms with Crippen LogP contribution < -0.4 is 4.90 Å². The normalized spacial score (nSPS) is 10.9. The van der Waals surface area contributed by atoms with Gasteiger partial charge in [-0.2, -0.15) is 15.1 Å². The van der Waals surface area contributed by atoms with E-state index in [1.165, 1.54) is 6.07 Å². The summed E-state index contributed by atoms with van der Waals surface area (Å²) in [7, 11) is 1.71. The van der Waals surface area contributed by atoms with Crippen LogP contribution in [0.3, 0.4) is 0 Å². The van der Waals surface area contributed by atoms with Crippen LogP contribution in [0.5, 0.6) is 0 Å². The summed E-state index contributed by atoms with van der Waals surface area (Å²) >= 11 is 5.86. The molecule has 1 N–H and O–H groups in total. The second kappa shape index (κ2) is 4.47. The molecule has 2 aromatic heterocycles. The zero-order chi connectivity index (χ0) is 13.4. The Balaban J connectivity index is 2.19. The van der Waals surface area contributed by atoms with E-state index in [4.69, 9.17) is 11.6 Å². The largest absolute Gasteiger partial charge is 0.326 e. The van der Waals surface area contributed by atoms with Gasteiger partial charge in [0.15, 0.2) is 5.65 Å². The lowest BCUT2D eigenvalue weighted by atomic mass is 10.2. The Morgan fingerprint density at radius 3 is 2.84 bits per heavy atom. The number of fused-ring (bicyclic) bond motifs is 1. The molecule has 0 saturated heterocycles. The monoisotopic (exact) mass is 277 g/mol. The van der Waals surface area contributed by atoms with E-state index in [1.807, 2.05) is 0 Å². The van der Waals surface area contributed by atoms with Crippen molar-refractivity contribution in [3.8, 4) is 0 Å². The van der Waals surface area contributed by atoms with Crippen molar-refractivity contribution in [1.82, 2.24) is 20.2 Å². The smallest absolute Gasteiger partial charge is 0.226 e. The fourth-order valence-electron chi connectivity index (χ4n) is 1.89. The van der Waals surface area contributed by atoms with E-state index in [-0.39, 0.29) is 11.1 Å². The van der Waals surface area contributed by atoms with Crippen LogP contribution in [-0.4, -0.2) is 27.2 Å². The number of aromatic amines is 1. The summed E-state index contributed by atoms with van der Waals surface area (Å²) in [4.78, 5) is 9.77. The molecule has 0 spiro atoms. The van der Waals surface area contributed by atoms with Crippen LogP contribution in [-0.2, 0) is 0 Å². The highest BCUT2D eigenvalue weighted by atomic mass is 35.5. The fraction of sp³-hybridized carbons (Fsp3) is 0.0833. The molecular weight excluding hydrogens is 269 g/mol. The first-order valence-corrected chi connectivity index (χ1v) is 5.89. The first-order valence-electron chi connectivity index (χ1n) is 5.51. The average Bonchev–Trinajstić information content (AvgIpc) is 2.85. The number of nitrogens with one attached hydrogen (secondary N) is 1. The number of para-hydroxylation sites is 1. The van der Waals surface area contributed by atoms with Crippen molar-refractivity contribution in [3.63, 3.8) is 0 Å². The molecule has 7 heteroatoms. The van der Waals surface area contributed by atoms with E-state index >= 15 is 0 Å². The minimum atomic E-state index is -0.337. The van der Waals surface area contributed by atoms with Gasteiger partial charge in [0.25, 0.3) is 0 Å². The molecule has 0 unspecified atom stereocenters. The van der Waals surface area contributed by atoms with Crippen LogP contribution in [0.15, 0.2) is 30.5 Å². The molecule has 3 rings (SSSR count). The van der Waals surface area contributed by atoms with Gasteiger partial charge in [-0.1, -0.05) is 12.1 Å². The van der Waals surface area contributed by atoms with Crippen molar-refractivity contribution >= 4 is 34.1 Å². The highest BCUT2D eigenvalue weighted by molar-refractivity contribution is 6.28. The van der Waals surface area contributed by atoms with Crippen LogP contribution in [0, 0.1) is 5.82 Å². The summed E-state index contributed by atoms with van der Waals surface area (Å²) in [6.07, 6.45) is 1.58. The van der Waals surface area contributed by atoms with E-state index in [1.54, 1.807) is 36.3 Å². The van der Waals surface area contributed by atoms with Gasteiger partial charge in [-0.15, -0.1) is 0 Å². The summed E-state index contributed by atoms with van der Waals surface area (Å²) in [6, 6.07) is 6.44. The predicted octanol–water partition coefficient (Wildman–Crippen LogP) is 2.91. The van der Waals surface area contributed by atoms with Gasteiger partial charge >= 0.3 is 0 Å². The topological polar surface area (TPSA) is 57.7 Å². The number of rotatable bonds is 2. The molecule has 3 aromatic rings. The zero-order valence-electron chi connectivity index (χ0n) is 9.93. The number of hydrogen-bond acceptors (Lipinski definition) is 4. The van der Waals surface area contributed by atoms with Gasteiger partial charge in [0, 0.05) is 7.05 Å². The number of hydrogen-bond donors (Lipinski definition) is 1. The SMILES string of the molecule is CN(c1ccccc1F)c1nc(Cl)nc2[nH]ncc12. The summed E-state index contributed by atoms with van der Waals surface area (Å²) in [5, 5.41) is 7.37. The summed E-state index contributed by atoms with van der Waals surface area (Å²) < 4.78 is 13.8. The lowest BCUT2D eigenvalue weighted by molar-refractivity contribution is 0.627. The maximum atomic E-state index is 13.8. The molecular formula is C12H9ClFN5. The Kier molecular flexibility index (Phi) is 2.79. The van der Waals surface area contributed by atoms with Crippen molar-refractivity contribution in [3.05, 3.63) is 41.6 Å². The van der Waals surface area contributed by atoms with Crippen LogP contribution in [0.4, 0.5) is 15.9 Å². The fourth-order valence-corrected chi connectivity index (χ4v) is 2.05. The van der Waals surface area contributed by atoms with E-state index in [0.29, 0.717) is 22.5 Å². The first-order chi connectivity index (χ1) is 9.16. The number of nitrogens with zero attached hydrogens (tertiary/aromatic N) is 4. The van der Waals surface area contributed by atoms with E-state index < -0.39 is 0 Å². The van der Waals surface area contributed by atoms with E-state index in [2.05, 4.69) is 20.2 Å². The first kappa shape index (κ1) is 11.9. The molecule has 2 heterocycles. The number of H-pyrrole nitrogens is 1. The summed E-state index contributed by atoms with van der Waals surface area (Å²) in [5.74, 6) is 0.158. The van der Waals surface area contributed by atoms with Gasteiger partial charge in [-0.05, 0) is 23.7 Å². The Labute approximate surface area is 113 Å². The van der Waals surface area contributed by atoms with Gasteiger partial charge in [0.2, 0.25) is 5.28 Å². The second-order valence-electron chi connectivity index (χ2n) is 3.96. The van der Waals surface area contributed by atoms with Crippen LogP contribution in [0.2, 0.25) is 5.28 Å². The van der Waals surface area contributed by atoms with Crippen LogP contribution in [0.25, 0.3) is 11.0 Å². The number of halogens is 2. The zero-order valence-corrected chi connectivity index (χ0v) is 10.7. The highest BCUT2D eigenvalue weighted by Gasteiger charge is 2.16. The summed E-state index contributed by atoms with van der Waals surface area (Å²) in [6.45, 7) is 0. The minimum absolute atomic E-state index is 0.0786. The second-order valence-corrected chi connectivity index (χ2v) is 4.30. The standard InChI is InChI=1S/C12H9ClFN5/c1-19(9-5-3-2-4-8(9)14)11-7-6-15-18-10(7)16-12(13)17-11/h2-6H,1H3,(H,15,16,17,18). The Morgan fingerprint density at radius 1 is 1.26 bits per heavy atom. The maximum Gasteiger partial charge on any atom is 0.226 e. The molecule has 0 saturated carbocycles. The van der Waals surface area contributed by atoms with Crippen molar-refractivity contribution in [2.75, 3.05) is 11.9 Å². The van der Waals surface area contributed by atoms with E-state index in [0.717, 1.165) is 0 Å². The third-order valence-electron chi connectivity index (χ3n) is 2.79. The number of benzene rings is 1. The summed E-state index contributed by atoms with van der Waals surface area (Å²) in [5.41, 5.74) is 0.915. The van der Waals surface area contributed by atoms with Gasteiger partial charge in [0.05, 0.1) is 17.3 Å². The lowest BCUT2D eigenvalue weighted by Gasteiger charge is -2.19. The Morgan fingerprint density at radius 2 is 2.05 bits per heavy atom. The van der Waals surface area contributed by atoms with Crippen molar-refractivity contribution < 1.29 is 4.39 Å². The van der Waals surface area contributed by atoms with Crippen molar-refractivity contribution in [1.29, 1.82) is 0 Å². The molecule has 5 nitrogen and oxygen atoms in total. The van der Waals surface area contributed by atoms with Crippen LogP contribution >= 0.6 is 11.6 Å². The molecule has 19 heavy (non-hydrogen) atoms. The van der Waals surface area contributed by atoms with Crippen molar-refractivity contribution in [2.45, 2.75) is 0 Å². The van der Waals surface area contributed by atoms with Crippen molar-refractivity contribution in [2.24, 2.45) is 0 Å². The molecule has 1 aromatic carbocycles. The maximum absolute atomic E-state index is 13.8. The van der Waals surface area contributed by atoms with Gasteiger partial charge in [-0.3, -0.25) is 5.10 Å². The average molecular weight is 278 g/mol. The molecule has 0 bridgehead atoms. The molecule has 96 valence electrons. The molecule has 0 amide bonds. The minimum Gasteiger partial charge on any atom is -0.326 e. The molecule has 0 aliphatic heterocycles. The van der Waals surface area contributed by atoms with Gasteiger partial charge < -0.3 is 4.90 Å². The predicted molar refractivity (Wildman–Crippen MR) is 71.2 cm³/mol. The van der Waals surface area contributed by atoms with E-state index in [9.17, 15) is 4.39 Å². The molecule has 0 aliphatic carbocycles. The van der Waals surface area contributed by atoms with Crippen LogP contribution in [0.1, 0.15) is 0 Å². The molecule has 0 atom stereocenters. The third kappa shape index (κ3) is 2.00. The Bertz CT molecular complexity index is 742.